The molecule has 0 aliphatic rings. The van der Waals surface area contributed by atoms with Gasteiger partial charge < -0.3 is 11.1 Å². The van der Waals surface area contributed by atoms with Crippen molar-refractivity contribution in [3.63, 3.8) is 0 Å². The maximum atomic E-state index is 13.4. The number of benzene rings is 2. The molecule has 0 fully saturated rings. The Hall–Kier alpha value is -1.81. The Morgan fingerprint density at radius 1 is 1.00 bits per heavy atom. The summed E-state index contributed by atoms with van der Waals surface area (Å²) in [5.41, 5.74) is 5.96. The van der Waals surface area contributed by atoms with Crippen LogP contribution in [-0.2, 0) is 0 Å². The highest BCUT2D eigenvalue weighted by atomic mass is 35.5. The van der Waals surface area contributed by atoms with Crippen molar-refractivity contribution in [3.05, 3.63) is 53.1 Å². The number of hydrogen-bond donors (Lipinski definition) is 2. The fraction of sp³-hybridized carbons (Fsp3) is 0. The summed E-state index contributed by atoms with van der Waals surface area (Å²) in [6, 6.07) is 8.24. The number of nitrogens with two attached hydrogens (primary N) is 1. The van der Waals surface area contributed by atoms with E-state index >= 15 is 0 Å². The van der Waals surface area contributed by atoms with Crippen LogP contribution in [-0.4, -0.2) is 0 Å². The van der Waals surface area contributed by atoms with Gasteiger partial charge in [0.2, 0.25) is 0 Å². The summed E-state index contributed by atoms with van der Waals surface area (Å²) < 4.78 is 26.6. The van der Waals surface area contributed by atoms with Crippen LogP contribution in [0.25, 0.3) is 0 Å². The molecule has 0 heterocycles. The number of rotatable bonds is 2. The Morgan fingerprint density at radius 3 is 2.47 bits per heavy atom. The molecule has 2 aromatic carbocycles. The third-order valence-electron chi connectivity index (χ3n) is 2.21. The summed E-state index contributed by atoms with van der Waals surface area (Å²) in [6.45, 7) is 0. The Labute approximate surface area is 102 Å². The van der Waals surface area contributed by atoms with Gasteiger partial charge in [0.15, 0.2) is 0 Å². The molecule has 0 bridgehead atoms. The molecule has 5 heteroatoms. The van der Waals surface area contributed by atoms with E-state index in [-0.39, 0.29) is 11.4 Å². The van der Waals surface area contributed by atoms with Gasteiger partial charge in [0, 0.05) is 10.7 Å². The quantitative estimate of drug-likeness (QED) is 0.797. The van der Waals surface area contributed by atoms with Crippen LogP contribution in [0.2, 0.25) is 5.02 Å². The zero-order valence-corrected chi connectivity index (χ0v) is 9.43. The Balaban J connectivity index is 2.31. The van der Waals surface area contributed by atoms with Crippen molar-refractivity contribution >= 4 is 28.7 Å². The molecule has 0 amide bonds. The molecule has 0 aromatic heterocycles. The summed E-state index contributed by atoms with van der Waals surface area (Å²) in [4.78, 5) is 0. The molecule has 0 saturated carbocycles. The predicted molar refractivity (Wildman–Crippen MR) is 65.5 cm³/mol. The number of nitrogens with one attached hydrogen (secondary N) is 1. The highest BCUT2D eigenvalue weighted by Crippen LogP contribution is 2.25. The second-order valence-corrected chi connectivity index (χ2v) is 3.92. The number of nitrogen functional groups attached to an aromatic ring is 1. The van der Waals surface area contributed by atoms with Crippen LogP contribution in [0.3, 0.4) is 0 Å². The maximum absolute atomic E-state index is 13.4. The van der Waals surface area contributed by atoms with Gasteiger partial charge in [0.25, 0.3) is 0 Å². The van der Waals surface area contributed by atoms with Crippen molar-refractivity contribution in [2.45, 2.75) is 0 Å². The van der Waals surface area contributed by atoms with Gasteiger partial charge in [-0.2, -0.15) is 0 Å². The van der Waals surface area contributed by atoms with Crippen molar-refractivity contribution in [2.24, 2.45) is 0 Å². The van der Waals surface area contributed by atoms with E-state index in [4.69, 9.17) is 17.3 Å². The summed E-state index contributed by atoms with van der Waals surface area (Å²) in [7, 11) is 0. The summed E-state index contributed by atoms with van der Waals surface area (Å²) in [5.74, 6) is -1.02. The highest BCUT2D eigenvalue weighted by Gasteiger charge is 2.05. The van der Waals surface area contributed by atoms with Crippen molar-refractivity contribution < 1.29 is 8.78 Å². The Morgan fingerprint density at radius 2 is 1.76 bits per heavy atom. The van der Waals surface area contributed by atoms with Crippen molar-refractivity contribution in [1.82, 2.24) is 0 Å². The van der Waals surface area contributed by atoms with E-state index in [1.54, 1.807) is 6.07 Å². The van der Waals surface area contributed by atoms with E-state index in [0.29, 0.717) is 10.7 Å². The van der Waals surface area contributed by atoms with Crippen LogP contribution in [0.5, 0.6) is 0 Å². The smallest absolute Gasteiger partial charge is 0.148 e. The van der Waals surface area contributed by atoms with Crippen LogP contribution in [0.15, 0.2) is 36.4 Å². The second-order valence-electron chi connectivity index (χ2n) is 3.49. The summed E-state index contributed by atoms with van der Waals surface area (Å²) in [5, 5.41) is 3.12. The molecule has 0 saturated heterocycles. The standard InChI is InChI=1S/C12H9ClF2N2/c13-7-1-3-9(14)12(5-7)17-8-2-4-11(16)10(15)6-8/h1-6,17H,16H2. The molecule has 2 nitrogen and oxygen atoms in total. The molecule has 0 aliphatic carbocycles. The highest BCUT2D eigenvalue weighted by molar-refractivity contribution is 6.30. The van der Waals surface area contributed by atoms with E-state index in [1.807, 2.05) is 0 Å². The zero-order chi connectivity index (χ0) is 12.4. The Kier molecular flexibility index (Phi) is 3.15. The van der Waals surface area contributed by atoms with Crippen LogP contribution in [0.1, 0.15) is 0 Å². The van der Waals surface area contributed by atoms with Gasteiger partial charge >= 0.3 is 0 Å². The van der Waals surface area contributed by atoms with E-state index in [2.05, 4.69) is 5.32 Å². The van der Waals surface area contributed by atoms with E-state index < -0.39 is 11.6 Å². The van der Waals surface area contributed by atoms with Gasteiger partial charge in [-0.25, -0.2) is 8.78 Å². The first-order chi connectivity index (χ1) is 8.06. The number of halogens is 3. The van der Waals surface area contributed by atoms with Crippen LogP contribution >= 0.6 is 11.6 Å². The van der Waals surface area contributed by atoms with E-state index in [0.717, 1.165) is 0 Å². The van der Waals surface area contributed by atoms with Crippen molar-refractivity contribution in [1.29, 1.82) is 0 Å². The molecule has 2 rings (SSSR count). The monoisotopic (exact) mass is 254 g/mol. The minimum absolute atomic E-state index is 0.0436. The fourth-order valence-electron chi connectivity index (χ4n) is 1.35. The van der Waals surface area contributed by atoms with Crippen LogP contribution in [0.4, 0.5) is 25.8 Å². The second kappa shape index (κ2) is 4.59. The van der Waals surface area contributed by atoms with Crippen LogP contribution in [0, 0.1) is 11.6 Å². The molecule has 0 atom stereocenters. The predicted octanol–water partition coefficient (Wildman–Crippen LogP) is 3.94. The SMILES string of the molecule is Nc1ccc(Nc2cc(Cl)ccc2F)cc1F. The topological polar surface area (TPSA) is 38.0 Å². The lowest BCUT2D eigenvalue weighted by molar-refractivity contribution is 0.629. The lowest BCUT2D eigenvalue weighted by Crippen LogP contribution is -1.96. The lowest BCUT2D eigenvalue weighted by Gasteiger charge is -2.08. The van der Waals surface area contributed by atoms with Gasteiger partial charge in [-0.3, -0.25) is 0 Å². The molecule has 88 valence electrons. The molecule has 17 heavy (non-hydrogen) atoms. The third kappa shape index (κ3) is 2.65. The van der Waals surface area contributed by atoms with Gasteiger partial charge in [-0.1, -0.05) is 11.6 Å². The zero-order valence-electron chi connectivity index (χ0n) is 8.68. The molecular weight excluding hydrogens is 246 g/mol. The molecular formula is C12H9ClF2N2. The van der Waals surface area contributed by atoms with Gasteiger partial charge in [0.05, 0.1) is 11.4 Å². The first-order valence-electron chi connectivity index (χ1n) is 4.83. The average Bonchev–Trinajstić information content (AvgIpc) is 2.29. The first-order valence-corrected chi connectivity index (χ1v) is 5.21. The fourth-order valence-corrected chi connectivity index (χ4v) is 1.53. The van der Waals surface area contributed by atoms with E-state index in [9.17, 15) is 8.78 Å². The van der Waals surface area contributed by atoms with Crippen molar-refractivity contribution in [2.75, 3.05) is 11.1 Å². The minimum atomic E-state index is -0.558. The molecule has 0 unspecified atom stereocenters. The van der Waals surface area contributed by atoms with Crippen LogP contribution < -0.4 is 11.1 Å². The van der Waals surface area contributed by atoms with Gasteiger partial charge in [-0.15, -0.1) is 0 Å². The molecule has 0 radical (unpaired) electrons. The molecule has 2 aromatic rings. The molecule has 3 N–H and O–H groups in total. The largest absolute Gasteiger partial charge is 0.396 e. The number of anilines is 3. The first kappa shape index (κ1) is 11.7. The van der Waals surface area contributed by atoms with Gasteiger partial charge in [0.1, 0.15) is 11.6 Å². The normalized spacial score (nSPS) is 10.3. The van der Waals surface area contributed by atoms with Crippen molar-refractivity contribution in [3.8, 4) is 0 Å². The molecule has 0 aliphatic heterocycles. The lowest BCUT2D eigenvalue weighted by atomic mass is 10.2. The average molecular weight is 255 g/mol. The van der Waals surface area contributed by atoms with E-state index in [1.165, 1.54) is 30.3 Å². The molecule has 0 spiro atoms. The Bertz CT molecular complexity index is 558. The summed E-state index contributed by atoms with van der Waals surface area (Å²) in [6.07, 6.45) is 0. The number of hydrogen-bond acceptors (Lipinski definition) is 2. The third-order valence-corrected chi connectivity index (χ3v) is 2.44. The summed E-state index contributed by atoms with van der Waals surface area (Å²) >= 11 is 5.74. The maximum Gasteiger partial charge on any atom is 0.148 e. The minimum Gasteiger partial charge on any atom is -0.396 e. The van der Waals surface area contributed by atoms with Gasteiger partial charge in [-0.05, 0) is 36.4 Å².